The second-order valence-corrected chi connectivity index (χ2v) is 9.07. The van der Waals surface area contributed by atoms with Crippen LogP contribution >= 0.6 is 0 Å². The molecule has 8 nitrogen and oxygen atoms in total. The first-order valence-electron chi connectivity index (χ1n) is 10.7. The monoisotopic (exact) mass is 411 g/mol. The van der Waals surface area contributed by atoms with Gasteiger partial charge in [0, 0.05) is 13.0 Å². The molecule has 29 heavy (non-hydrogen) atoms. The average molecular weight is 412 g/mol. The van der Waals surface area contributed by atoms with E-state index in [1.54, 1.807) is 0 Å². The molecule has 2 aliphatic heterocycles. The fourth-order valence-electron chi connectivity index (χ4n) is 3.64. The van der Waals surface area contributed by atoms with Gasteiger partial charge in [-0.1, -0.05) is 33.6 Å². The van der Waals surface area contributed by atoms with E-state index in [2.05, 4.69) is 10.6 Å². The van der Waals surface area contributed by atoms with Crippen LogP contribution in [0.25, 0.3) is 0 Å². The number of carbonyl (C=O) groups excluding carboxylic acids is 3. The van der Waals surface area contributed by atoms with Crippen LogP contribution in [0.2, 0.25) is 0 Å². The Balaban J connectivity index is 1.67. The smallest absolute Gasteiger partial charge is 0.233 e. The van der Waals surface area contributed by atoms with Crippen molar-refractivity contribution in [3.63, 3.8) is 0 Å². The molecule has 2 aliphatic rings. The van der Waals surface area contributed by atoms with Crippen LogP contribution in [0, 0.1) is 17.3 Å². The molecule has 0 aliphatic carbocycles. The Hall–Kier alpha value is -1.51. The SMILES string of the molecule is CNCCCCCCNC(=O)C1COC(CN2C(=O)CC(C(C)(C)C)C2=O)OC1. The van der Waals surface area contributed by atoms with E-state index in [4.69, 9.17) is 9.47 Å². The van der Waals surface area contributed by atoms with Crippen LogP contribution in [0.1, 0.15) is 52.9 Å². The molecule has 0 radical (unpaired) electrons. The molecule has 2 heterocycles. The fraction of sp³-hybridized carbons (Fsp3) is 0.857. The number of nitrogens with zero attached hydrogens (tertiary/aromatic N) is 1. The van der Waals surface area contributed by atoms with Gasteiger partial charge in [-0.3, -0.25) is 19.3 Å². The highest BCUT2D eigenvalue weighted by Crippen LogP contribution is 2.35. The van der Waals surface area contributed by atoms with Crippen molar-refractivity contribution in [2.24, 2.45) is 17.3 Å². The topological polar surface area (TPSA) is 97.0 Å². The number of hydrogen-bond acceptors (Lipinski definition) is 6. The first-order chi connectivity index (χ1) is 13.7. The Bertz CT molecular complexity index is 567. The summed E-state index contributed by atoms with van der Waals surface area (Å²) >= 11 is 0. The number of imide groups is 1. The molecule has 0 aromatic rings. The van der Waals surface area contributed by atoms with Crippen LogP contribution in [0.4, 0.5) is 0 Å². The number of rotatable bonds is 10. The molecule has 2 N–H and O–H groups in total. The molecule has 0 saturated carbocycles. The number of nitrogens with one attached hydrogen (secondary N) is 2. The zero-order valence-electron chi connectivity index (χ0n) is 18.3. The predicted molar refractivity (Wildman–Crippen MR) is 109 cm³/mol. The lowest BCUT2D eigenvalue weighted by atomic mass is 9.80. The van der Waals surface area contributed by atoms with Crippen LogP contribution in [-0.2, 0) is 23.9 Å². The number of unbranched alkanes of at least 4 members (excludes halogenated alkanes) is 3. The minimum atomic E-state index is -0.669. The molecule has 2 saturated heterocycles. The van der Waals surface area contributed by atoms with Crippen molar-refractivity contribution in [1.82, 2.24) is 15.5 Å². The van der Waals surface area contributed by atoms with E-state index in [0.717, 1.165) is 32.2 Å². The lowest BCUT2D eigenvalue weighted by molar-refractivity contribution is -0.208. The van der Waals surface area contributed by atoms with E-state index < -0.39 is 6.29 Å². The van der Waals surface area contributed by atoms with E-state index in [9.17, 15) is 14.4 Å². The molecular weight excluding hydrogens is 374 g/mol. The average Bonchev–Trinajstić information content (AvgIpc) is 2.96. The first kappa shape index (κ1) is 23.8. The van der Waals surface area contributed by atoms with Crippen molar-refractivity contribution >= 4 is 17.7 Å². The number of carbonyl (C=O) groups is 3. The van der Waals surface area contributed by atoms with Gasteiger partial charge < -0.3 is 20.1 Å². The Morgan fingerprint density at radius 3 is 2.24 bits per heavy atom. The van der Waals surface area contributed by atoms with Crippen LogP contribution in [0.15, 0.2) is 0 Å². The zero-order valence-corrected chi connectivity index (χ0v) is 18.3. The zero-order chi connectivity index (χ0) is 21.4. The molecule has 1 atom stereocenters. The summed E-state index contributed by atoms with van der Waals surface area (Å²) < 4.78 is 11.3. The van der Waals surface area contributed by atoms with Crippen LogP contribution < -0.4 is 10.6 Å². The summed E-state index contributed by atoms with van der Waals surface area (Å²) in [6, 6.07) is 0. The molecule has 3 amide bonds. The Kier molecular flexibility index (Phi) is 9.04. The largest absolute Gasteiger partial charge is 0.356 e. The number of ether oxygens (including phenoxy) is 2. The Morgan fingerprint density at radius 1 is 1.07 bits per heavy atom. The maximum Gasteiger partial charge on any atom is 0.233 e. The summed E-state index contributed by atoms with van der Waals surface area (Å²) in [6.45, 7) is 8.13. The van der Waals surface area contributed by atoms with Crippen molar-refractivity contribution in [2.75, 3.05) is 39.9 Å². The van der Waals surface area contributed by atoms with Gasteiger partial charge in [0.05, 0.1) is 31.6 Å². The van der Waals surface area contributed by atoms with Crippen LogP contribution in [-0.4, -0.2) is 68.8 Å². The molecule has 2 rings (SSSR count). The molecule has 1 unspecified atom stereocenters. The van der Waals surface area contributed by atoms with Gasteiger partial charge in [0.1, 0.15) is 0 Å². The van der Waals surface area contributed by atoms with Gasteiger partial charge in [0.2, 0.25) is 17.7 Å². The standard InChI is InChI=1S/C21H37N3O5/c1-21(2,3)16-11-17(25)24(20(16)27)12-18-28-13-15(14-29-18)19(26)23-10-8-6-5-7-9-22-4/h15-16,18,22H,5-14H2,1-4H3,(H,23,26). The van der Waals surface area contributed by atoms with E-state index in [-0.39, 0.29) is 61.2 Å². The summed E-state index contributed by atoms with van der Waals surface area (Å²) in [5.74, 6) is -1.08. The van der Waals surface area contributed by atoms with E-state index in [1.807, 2.05) is 27.8 Å². The summed E-state index contributed by atoms with van der Waals surface area (Å²) in [5, 5.41) is 6.06. The maximum absolute atomic E-state index is 12.6. The van der Waals surface area contributed by atoms with Crippen molar-refractivity contribution in [3.8, 4) is 0 Å². The van der Waals surface area contributed by atoms with Gasteiger partial charge in [0.15, 0.2) is 6.29 Å². The predicted octanol–water partition coefficient (Wildman–Crippen LogP) is 1.29. The van der Waals surface area contributed by atoms with Gasteiger partial charge in [-0.25, -0.2) is 0 Å². The third-order valence-corrected chi connectivity index (χ3v) is 5.61. The van der Waals surface area contributed by atoms with Gasteiger partial charge in [-0.2, -0.15) is 0 Å². The second kappa shape index (κ2) is 11.0. The maximum atomic E-state index is 12.6. The summed E-state index contributed by atoms with van der Waals surface area (Å²) in [7, 11) is 1.95. The number of hydrogen-bond donors (Lipinski definition) is 2. The van der Waals surface area contributed by atoms with E-state index in [0.29, 0.717) is 6.54 Å². The highest BCUT2D eigenvalue weighted by molar-refractivity contribution is 6.03. The molecular formula is C21H37N3O5. The van der Waals surface area contributed by atoms with Gasteiger partial charge >= 0.3 is 0 Å². The van der Waals surface area contributed by atoms with Crippen molar-refractivity contribution in [2.45, 2.75) is 59.2 Å². The van der Waals surface area contributed by atoms with Gasteiger partial charge in [-0.15, -0.1) is 0 Å². The lowest BCUT2D eigenvalue weighted by Gasteiger charge is -2.31. The van der Waals surface area contributed by atoms with Crippen molar-refractivity contribution in [3.05, 3.63) is 0 Å². The molecule has 166 valence electrons. The summed E-state index contributed by atoms with van der Waals surface area (Å²) in [5.41, 5.74) is -0.258. The number of amides is 3. The second-order valence-electron chi connectivity index (χ2n) is 9.07. The summed E-state index contributed by atoms with van der Waals surface area (Å²) in [6.07, 6.45) is 3.91. The van der Waals surface area contributed by atoms with Gasteiger partial charge in [0.25, 0.3) is 0 Å². The quantitative estimate of drug-likeness (QED) is 0.415. The lowest BCUT2D eigenvalue weighted by Crippen LogP contribution is -2.47. The molecule has 0 spiro atoms. The van der Waals surface area contributed by atoms with Crippen LogP contribution in [0.5, 0.6) is 0 Å². The minimum absolute atomic E-state index is 0.0696. The Labute approximate surface area is 174 Å². The van der Waals surface area contributed by atoms with Crippen molar-refractivity contribution in [1.29, 1.82) is 0 Å². The third kappa shape index (κ3) is 7.04. The number of likely N-dealkylation sites (tertiary alicyclic amines) is 1. The fourth-order valence-corrected chi connectivity index (χ4v) is 3.64. The van der Waals surface area contributed by atoms with E-state index in [1.165, 1.54) is 4.90 Å². The first-order valence-corrected chi connectivity index (χ1v) is 10.7. The molecule has 0 bridgehead atoms. The highest BCUT2D eigenvalue weighted by atomic mass is 16.7. The van der Waals surface area contributed by atoms with Crippen LogP contribution in [0.3, 0.4) is 0 Å². The minimum Gasteiger partial charge on any atom is -0.356 e. The highest BCUT2D eigenvalue weighted by Gasteiger charge is 2.45. The van der Waals surface area contributed by atoms with Gasteiger partial charge in [-0.05, 0) is 31.8 Å². The third-order valence-electron chi connectivity index (χ3n) is 5.61. The molecule has 0 aromatic carbocycles. The van der Waals surface area contributed by atoms with Crippen molar-refractivity contribution < 1.29 is 23.9 Å². The molecule has 2 fully saturated rings. The molecule has 0 aromatic heterocycles. The summed E-state index contributed by atoms with van der Waals surface area (Å²) in [4.78, 5) is 38.3. The van der Waals surface area contributed by atoms with E-state index >= 15 is 0 Å². The normalized spacial score (nSPS) is 25.5. The molecule has 8 heteroatoms. The Morgan fingerprint density at radius 2 is 1.69 bits per heavy atom.